The SMILES string of the molecule is CC(C)(C)CCCCCC(=O)[O-].CC(C)CCCCCCC(=O)[O-].[Pb+2]. The molecule has 0 aliphatic carbocycles. The fourth-order valence-electron chi connectivity index (χ4n) is 2.28. The molecular formula is C20H38O4Pb. The number of carbonyl (C=O) groups excluding carboxylic acids is 2. The first kappa shape index (κ1) is 29.6. The summed E-state index contributed by atoms with van der Waals surface area (Å²) in [4.78, 5) is 20.1. The third-order valence-corrected chi connectivity index (χ3v) is 3.72. The molecule has 0 atom stereocenters. The van der Waals surface area contributed by atoms with Gasteiger partial charge in [0.05, 0.1) is 0 Å². The van der Waals surface area contributed by atoms with E-state index >= 15 is 0 Å². The summed E-state index contributed by atoms with van der Waals surface area (Å²) in [5.41, 5.74) is 0.376. The third kappa shape index (κ3) is 35.7. The Kier molecular flexibility index (Phi) is 22.1. The molecule has 25 heavy (non-hydrogen) atoms. The molecule has 0 amide bonds. The summed E-state index contributed by atoms with van der Waals surface area (Å²) in [5.74, 6) is -1.07. The van der Waals surface area contributed by atoms with Crippen LogP contribution in [0, 0.1) is 11.3 Å². The molecule has 0 heterocycles. The zero-order valence-corrected chi connectivity index (χ0v) is 20.9. The molecule has 146 valence electrons. The average molecular weight is 550 g/mol. The Morgan fingerprint density at radius 1 is 0.760 bits per heavy atom. The van der Waals surface area contributed by atoms with E-state index in [0.717, 1.165) is 44.4 Å². The molecule has 2 radical (unpaired) electrons. The van der Waals surface area contributed by atoms with Crippen molar-refractivity contribution in [3.8, 4) is 0 Å². The summed E-state index contributed by atoms with van der Waals surface area (Å²) in [6.45, 7) is 11.0. The van der Waals surface area contributed by atoms with Crippen molar-refractivity contribution in [2.75, 3.05) is 0 Å². The van der Waals surface area contributed by atoms with Gasteiger partial charge in [0.2, 0.25) is 0 Å². The van der Waals surface area contributed by atoms with Gasteiger partial charge in [-0.3, -0.25) is 0 Å². The van der Waals surface area contributed by atoms with Crippen LogP contribution in [-0.2, 0) is 9.59 Å². The van der Waals surface area contributed by atoms with Gasteiger partial charge in [-0.25, -0.2) is 0 Å². The molecule has 0 aromatic carbocycles. The van der Waals surface area contributed by atoms with Crippen molar-refractivity contribution in [2.45, 2.75) is 105 Å². The maximum absolute atomic E-state index is 10.0. The molecule has 0 aromatic heterocycles. The van der Waals surface area contributed by atoms with Gasteiger partial charge < -0.3 is 19.8 Å². The number of rotatable bonds is 12. The Hall–Kier alpha value is -0.138. The minimum absolute atomic E-state index is 0. The molecule has 0 saturated carbocycles. The molecular weight excluding hydrogens is 511 g/mol. The van der Waals surface area contributed by atoms with Crippen LogP contribution < -0.4 is 10.2 Å². The topological polar surface area (TPSA) is 80.3 Å². The van der Waals surface area contributed by atoms with Crippen molar-refractivity contribution in [1.82, 2.24) is 0 Å². The van der Waals surface area contributed by atoms with E-state index in [1.807, 2.05) is 0 Å². The zero-order chi connectivity index (χ0) is 19.0. The first-order valence-corrected chi connectivity index (χ1v) is 9.44. The summed E-state index contributed by atoms with van der Waals surface area (Å²) >= 11 is 0. The van der Waals surface area contributed by atoms with Crippen molar-refractivity contribution in [1.29, 1.82) is 0 Å². The summed E-state index contributed by atoms with van der Waals surface area (Å²) in [6, 6.07) is 0. The van der Waals surface area contributed by atoms with Gasteiger partial charge in [-0.1, -0.05) is 73.1 Å². The second-order valence-corrected chi connectivity index (χ2v) is 8.21. The summed E-state index contributed by atoms with van der Waals surface area (Å²) < 4.78 is 0. The fraction of sp³-hybridized carbons (Fsp3) is 0.900. The first-order valence-electron chi connectivity index (χ1n) is 9.44. The normalized spacial score (nSPS) is 10.6. The monoisotopic (exact) mass is 550 g/mol. The number of carbonyl (C=O) groups is 2. The molecule has 0 unspecified atom stereocenters. The van der Waals surface area contributed by atoms with Crippen LogP contribution in [0.3, 0.4) is 0 Å². The largest absolute Gasteiger partial charge is 2.00 e. The molecule has 0 aliphatic heterocycles. The molecule has 0 aromatic rings. The second-order valence-electron chi connectivity index (χ2n) is 8.21. The molecule has 0 spiro atoms. The predicted octanol–water partition coefficient (Wildman–Crippen LogP) is 3.09. The Labute approximate surface area is 175 Å². The van der Waals surface area contributed by atoms with Crippen LogP contribution in [0.2, 0.25) is 0 Å². The first-order chi connectivity index (χ1) is 11.0. The number of unbranched alkanes of at least 4 members (excludes halogenated alkanes) is 5. The van der Waals surface area contributed by atoms with Crippen LogP contribution in [0.4, 0.5) is 0 Å². The van der Waals surface area contributed by atoms with E-state index in [4.69, 9.17) is 0 Å². The molecule has 0 bridgehead atoms. The van der Waals surface area contributed by atoms with E-state index in [9.17, 15) is 19.8 Å². The average Bonchev–Trinajstić information content (AvgIpc) is 2.41. The Bertz CT molecular complexity index is 322. The van der Waals surface area contributed by atoms with Crippen molar-refractivity contribution in [2.24, 2.45) is 11.3 Å². The molecule has 5 heteroatoms. The molecule has 4 nitrogen and oxygen atoms in total. The van der Waals surface area contributed by atoms with E-state index in [-0.39, 0.29) is 40.1 Å². The molecule has 0 fully saturated rings. The van der Waals surface area contributed by atoms with Crippen LogP contribution in [0.25, 0.3) is 0 Å². The number of hydrogen-bond acceptors (Lipinski definition) is 4. The molecule has 0 N–H and O–H groups in total. The smallest absolute Gasteiger partial charge is 0.550 e. The van der Waals surface area contributed by atoms with Gasteiger partial charge in [-0.2, -0.15) is 0 Å². The van der Waals surface area contributed by atoms with Crippen LogP contribution in [0.5, 0.6) is 0 Å². The van der Waals surface area contributed by atoms with Crippen molar-refractivity contribution in [3.63, 3.8) is 0 Å². The van der Waals surface area contributed by atoms with E-state index in [1.54, 1.807) is 0 Å². The summed E-state index contributed by atoms with van der Waals surface area (Å²) in [7, 11) is 0. The number of aliphatic carboxylic acids is 2. The summed E-state index contributed by atoms with van der Waals surface area (Å²) in [5, 5.41) is 20.1. The van der Waals surface area contributed by atoms with E-state index in [1.165, 1.54) is 19.3 Å². The molecule has 0 rings (SSSR count). The quantitative estimate of drug-likeness (QED) is 0.277. The van der Waals surface area contributed by atoms with E-state index in [0.29, 0.717) is 5.41 Å². The Morgan fingerprint density at radius 2 is 1.16 bits per heavy atom. The fourth-order valence-corrected chi connectivity index (χ4v) is 2.28. The van der Waals surface area contributed by atoms with E-state index in [2.05, 4.69) is 34.6 Å². The van der Waals surface area contributed by atoms with Gasteiger partial charge >= 0.3 is 27.3 Å². The number of carboxylic acid groups (broad SMARTS) is 2. The van der Waals surface area contributed by atoms with Crippen LogP contribution in [0.1, 0.15) is 105 Å². The van der Waals surface area contributed by atoms with Crippen LogP contribution in [0.15, 0.2) is 0 Å². The molecule has 0 saturated heterocycles. The minimum Gasteiger partial charge on any atom is -0.550 e. The minimum atomic E-state index is -0.925. The van der Waals surface area contributed by atoms with Gasteiger partial charge in [0.1, 0.15) is 0 Å². The van der Waals surface area contributed by atoms with Crippen molar-refractivity contribution in [3.05, 3.63) is 0 Å². The number of carboxylic acids is 2. The van der Waals surface area contributed by atoms with E-state index < -0.39 is 11.9 Å². The summed E-state index contributed by atoms with van der Waals surface area (Å²) in [6.07, 6.45) is 9.94. The predicted molar refractivity (Wildman–Crippen MR) is 101 cm³/mol. The van der Waals surface area contributed by atoms with Crippen LogP contribution >= 0.6 is 0 Å². The van der Waals surface area contributed by atoms with Crippen molar-refractivity contribution >= 4 is 39.2 Å². The van der Waals surface area contributed by atoms with Gasteiger partial charge in [-0.15, -0.1) is 0 Å². The van der Waals surface area contributed by atoms with Gasteiger partial charge in [0.25, 0.3) is 0 Å². The third-order valence-electron chi connectivity index (χ3n) is 3.72. The molecule has 0 aliphatic rings. The zero-order valence-electron chi connectivity index (χ0n) is 17.0. The Balaban J connectivity index is -0.000000372. The standard InChI is InChI=1S/2C10H20O2.Pb/c1-10(2,3)8-6-4-5-7-9(11)12;1-9(2)7-5-3-4-6-8-10(11)12;/h4-8H2,1-3H3,(H,11,12);9H,3-8H2,1-2H3,(H,11,12);/q;;+2/p-2. The second kappa shape index (κ2) is 18.6. The van der Waals surface area contributed by atoms with Gasteiger partial charge in [0, 0.05) is 11.9 Å². The number of hydrogen-bond donors (Lipinski definition) is 0. The van der Waals surface area contributed by atoms with Gasteiger partial charge in [-0.05, 0) is 43.4 Å². The van der Waals surface area contributed by atoms with Crippen molar-refractivity contribution < 1.29 is 19.8 Å². The maximum Gasteiger partial charge on any atom is 2.00 e. The van der Waals surface area contributed by atoms with Gasteiger partial charge in [0.15, 0.2) is 0 Å². The Morgan fingerprint density at radius 3 is 1.52 bits per heavy atom. The maximum atomic E-state index is 10.0. The van der Waals surface area contributed by atoms with Crippen LogP contribution in [-0.4, -0.2) is 39.2 Å².